The van der Waals surface area contributed by atoms with Gasteiger partial charge in [0.2, 0.25) is 0 Å². The van der Waals surface area contributed by atoms with Crippen LogP contribution < -0.4 is 4.74 Å². The molecule has 0 saturated carbocycles. The number of nitrogens with zero attached hydrogens (tertiary/aromatic N) is 1. The van der Waals surface area contributed by atoms with Gasteiger partial charge < -0.3 is 9.47 Å². The Balaban J connectivity index is 2.62. The number of hydrogen-bond donors (Lipinski definition) is 0. The van der Waals surface area contributed by atoms with Gasteiger partial charge in [-0.2, -0.15) is 0 Å². The van der Waals surface area contributed by atoms with E-state index in [-0.39, 0.29) is 10.7 Å². The molecule has 4 nitrogen and oxygen atoms in total. The van der Waals surface area contributed by atoms with E-state index < -0.39 is 5.97 Å². The Bertz CT molecular complexity index is 583. The molecule has 0 aliphatic heterocycles. The summed E-state index contributed by atoms with van der Waals surface area (Å²) in [6.07, 6.45) is 0. The summed E-state index contributed by atoms with van der Waals surface area (Å²) in [6, 6.07) is 7.00. The quantitative estimate of drug-likeness (QED) is 0.608. The lowest BCUT2D eigenvalue weighted by Gasteiger charge is -2.05. The van der Waals surface area contributed by atoms with Crippen LogP contribution >= 0.6 is 11.6 Å². The zero-order valence-electron chi connectivity index (χ0n) is 9.36. The SMILES string of the molecule is COC(=O)c1cc2ccc(OC)cc2nc1Cl. The summed E-state index contributed by atoms with van der Waals surface area (Å²) >= 11 is 5.92. The molecule has 0 spiro atoms. The Morgan fingerprint density at radius 1 is 1.29 bits per heavy atom. The number of aromatic nitrogens is 1. The van der Waals surface area contributed by atoms with Crippen molar-refractivity contribution in [2.75, 3.05) is 14.2 Å². The summed E-state index contributed by atoms with van der Waals surface area (Å²) in [5.74, 6) is 0.187. The lowest BCUT2D eigenvalue weighted by atomic mass is 10.1. The van der Waals surface area contributed by atoms with Crippen molar-refractivity contribution in [3.05, 3.63) is 35.0 Å². The number of carbonyl (C=O) groups is 1. The van der Waals surface area contributed by atoms with Crippen molar-refractivity contribution in [2.24, 2.45) is 0 Å². The van der Waals surface area contributed by atoms with Gasteiger partial charge in [-0.05, 0) is 18.2 Å². The minimum absolute atomic E-state index is 0.123. The molecule has 17 heavy (non-hydrogen) atoms. The number of rotatable bonds is 2. The Morgan fingerprint density at radius 3 is 2.71 bits per heavy atom. The van der Waals surface area contributed by atoms with Crippen LogP contribution in [0.4, 0.5) is 0 Å². The van der Waals surface area contributed by atoms with Crippen LogP contribution in [0.2, 0.25) is 5.15 Å². The number of pyridine rings is 1. The number of ether oxygens (including phenoxy) is 2. The first-order valence-electron chi connectivity index (χ1n) is 4.88. The molecule has 88 valence electrons. The van der Waals surface area contributed by atoms with E-state index in [0.29, 0.717) is 11.3 Å². The van der Waals surface area contributed by atoms with Gasteiger partial charge in [-0.25, -0.2) is 9.78 Å². The highest BCUT2D eigenvalue weighted by Gasteiger charge is 2.13. The number of hydrogen-bond acceptors (Lipinski definition) is 4. The zero-order valence-corrected chi connectivity index (χ0v) is 10.1. The number of fused-ring (bicyclic) bond motifs is 1. The second-order valence-electron chi connectivity index (χ2n) is 3.38. The third-order valence-corrected chi connectivity index (χ3v) is 2.67. The van der Waals surface area contributed by atoms with Crippen LogP contribution in [0.1, 0.15) is 10.4 Å². The van der Waals surface area contributed by atoms with Gasteiger partial charge in [0.05, 0.1) is 25.3 Å². The second-order valence-corrected chi connectivity index (χ2v) is 3.73. The Kier molecular flexibility index (Phi) is 3.15. The molecule has 0 amide bonds. The van der Waals surface area contributed by atoms with Crippen molar-refractivity contribution >= 4 is 28.5 Å². The highest BCUT2D eigenvalue weighted by Crippen LogP contribution is 2.24. The summed E-state index contributed by atoms with van der Waals surface area (Å²) in [4.78, 5) is 15.6. The first kappa shape index (κ1) is 11.7. The van der Waals surface area contributed by atoms with Gasteiger partial charge in [0.15, 0.2) is 0 Å². The van der Waals surface area contributed by atoms with Gasteiger partial charge in [-0.3, -0.25) is 0 Å². The Hall–Kier alpha value is -1.81. The Labute approximate surface area is 103 Å². The summed E-state index contributed by atoms with van der Waals surface area (Å²) in [7, 11) is 2.88. The fraction of sp³-hybridized carbons (Fsp3) is 0.167. The van der Waals surface area contributed by atoms with Gasteiger partial charge >= 0.3 is 5.97 Å². The van der Waals surface area contributed by atoms with E-state index >= 15 is 0 Å². The van der Waals surface area contributed by atoms with E-state index in [0.717, 1.165) is 5.39 Å². The maximum atomic E-state index is 11.4. The van der Waals surface area contributed by atoms with Crippen molar-refractivity contribution in [3.63, 3.8) is 0 Å². The molecule has 0 unspecified atom stereocenters. The van der Waals surface area contributed by atoms with Crippen molar-refractivity contribution in [1.82, 2.24) is 4.98 Å². The molecule has 2 rings (SSSR count). The molecular formula is C12H10ClNO3. The van der Waals surface area contributed by atoms with E-state index in [9.17, 15) is 4.79 Å². The predicted octanol–water partition coefficient (Wildman–Crippen LogP) is 2.68. The lowest BCUT2D eigenvalue weighted by Crippen LogP contribution is -2.03. The average molecular weight is 252 g/mol. The van der Waals surface area contributed by atoms with Gasteiger partial charge in [-0.1, -0.05) is 11.6 Å². The summed E-state index contributed by atoms with van der Waals surface area (Å²) in [6.45, 7) is 0. The number of esters is 1. The molecule has 0 aliphatic rings. The largest absolute Gasteiger partial charge is 0.497 e. The molecule has 0 aliphatic carbocycles. The molecule has 1 heterocycles. The lowest BCUT2D eigenvalue weighted by molar-refractivity contribution is 0.0600. The topological polar surface area (TPSA) is 48.4 Å². The monoisotopic (exact) mass is 251 g/mol. The van der Waals surface area contributed by atoms with Crippen molar-refractivity contribution in [2.45, 2.75) is 0 Å². The molecule has 0 radical (unpaired) electrons. The molecule has 0 N–H and O–H groups in total. The standard InChI is InChI=1S/C12H10ClNO3/c1-16-8-4-3-7-5-9(12(15)17-2)11(13)14-10(7)6-8/h3-6H,1-2H3. The van der Waals surface area contributed by atoms with Gasteiger partial charge in [0.25, 0.3) is 0 Å². The molecular weight excluding hydrogens is 242 g/mol. The highest BCUT2D eigenvalue weighted by atomic mass is 35.5. The third kappa shape index (κ3) is 2.17. The van der Waals surface area contributed by atoms with Crippen molar-refractivity contribution < 1.29 is 14.3 Å². The van der Waals surface area contributed by atoms with Crippen LogP contribution in [-0.4, -0.2) is 25.2 Å². The first-order chi connectivity index (χ1) is 8.15. The minimum atomic E-state index is -0.500. The van der Waals surface area contributed by atoms with Crippen LogP contribution in [0.3, 0.4) is 0 Å². The number of benzene rings is 1. The second kappa shape index (κ2) is 4.59. The van der Waals surface area contributed by atoms with E-state index in [4.69, 9.17) is 16.3 Å². The molecule has 1 aromatic carbocycles. The van der Waals surface area contributed by atoms with E-state index in [1.54, 1.807) is 25.3 Å². The van der Waals surface area contributed by atoms with Crippen molar-refractivity contribution in [3.8, 4) is 5.75 Å². The minimum Gasteiger partial charge on any atom is -0.497 e. The molecule has 0 fully saturated rings. The van der Waals surface area contributed by atoms with Crippen LogP contribution in [0.25, 0.3) is 10.9 Å². The third-order valence-electron chi connectivity index (χ3n) is 2.38. The van der Waals surface area contributed by atoms with Crippen LogP contribution in [0.5, 0.6) is 5.75 Å². The van der Waals surface area contributed by atoms with E-state index in [1.807, 2.05) is 6.07 Å². The Morgan fingerprint density at radius 2 is 2.06 bits per heavy atom. The summed E-state index contributed by atoms with van der Waals surface area (Å²) < 4.78 is 9.71. The van der Waals surface area contributed by atoms with Gasteiger partial charge in [0, 0.05) is 11.5 Å². The highest BCUT2D eigenvalue weighted by molar-refractivity contribution is 6.32. The van der Waals surface area contributed by atoms with Crippen LogP contribution in [0, 0.1) is 0 Å². The number of methoxy groups -OCH3 is 2. The average Bonchev–Trinajstić information content (AvgIpc) is 2.36. The predicted molar refractivity (Wildman–Crippen MR) is 64.6 cm³/mol. The smallest absolute Gasteiger partial charge is 0.341 e. The zero-order chi connectivity index (χ0) is 12.4. The van der Waals surface area contributed by atoms with Gasteiger partial charge in [-0.15, -0.1) is 0 Å². The van der Waals surface area contributed by atoms with Crippen LogP contribution in [0.15, 0.2) is 24.3 Å². The molecule has 2 aromatic rings. The normalized spacial score (nSPS) is 10.3. The molecule has 5 heteroatoms. The maximum absolute atomic E-state index is 11.4. The maximum Gasteiger partial charge on any atom is 0.341 e. The summed E-state index contributed by atoms with van der Waals surface area (Å²) in [5.41, 5.74) is 0.925. The van der Waals surface area contributed by atoms with Crippen molar-refractivity contribution in [1.29, 1.82) is 0 Å². The number of carbonyl (C=O) groups excluding carboxylic acids is 1. The van der Waals surface area contributed by atoms with E-state index in [1.165, 1.54) is 7.11 Å². The molecule has 0 saturated heterocycles. The molecule has 0 atom stereocenters. The first-order valence-corrected chi connectivity index (χ1v) is 5.26. The van der Waals surface area contributed by atoms with E-state index in [2.05, 4.69) is 9.72 Å². The molecule has 0 bridgehead atoms. The van der Waals surface area contributed by atoms with Gasteiger partial charge in [0.1, 0.15) is 10.9 Å². The number of halogens is 1. The summed E-state index contributed by atoms with van der Waals surface area (Å²) in [5, 5.41) is 0.924. The van der Waals surface area contributed by atoms with Crippen LogP contribution in [-0.2, 0) is 4.74 Å². The fourth-order valence-electron chi connectivity index (χ4n) is 1.50. The molecule has 1 aromatic heterocycles. The fourth-order valence-corrected chi connectivity index (χ4v) is 1.73.